The first-order chi connectivity index (χ1) is 8.65. The Kier molecular flexibility index (Phi) is 3.88. The molecule has 1 aromatic heterocycles. The lowest BCUT2D eigenvalue weighted by Crippen LogP contribution is -2.40. The molecule has 1 aromatic rings. The summed E-state index contributed by atoms with van der Waals surface area (Å²) in [5, 5.41) is 18.5. The number of amides is 1. The van der Waals surface area contributed by atoms with Crippen molar-refractivity contribution in [3.63, 3.8) is 0 Å². The number of nitrogens with zero attached hydrogens (tertiary/aromatic N) is 3. The average molecular weight is 254 g/mol. The summed E-state index contributed by atoms with van der Waals surface area (Å²) in [6, 6.07) is -0.0177. The zero-order valence-electron chi connectivity index (χ0n) is 9.70. The first kappa shape index (κ1) is 12.5. The summed E-state index contributed by atoms with van der Waals surface area (Å²) < 4.78 is 6.35. The van der Waals surface area contributed by atoms with Crippen LogP contribution >= 0.6 is 0 Å². The van der Waals surface area contributed by atoms with Gasteiger partial charge in [-0.15, -0.1) is 5.10 Å². The van der Waals surface area contributed by atoms with E-state index in [1.807, 2.05) is 0 Å². The van der Waals surface area contributed by atoms with Crippen LogP contribution in [0.2, 0.25) is 0 Å². The third kappa shape index (κ3) is 3.27. The van der Waals surface area contributed by atoms with Crippen molar-refractivity contribution in [2.24, 2.45) is 0 Å². The zero-order chi connectivity index (χ0) is 13.0. The molecule has 1 aliphatic heterocycles. The molecule has 1 saturated heterocycles. The van der Waals surface area contributed by atoms with E-state index in [2.05, 4.69) is 15.6 Å². The molecule has 8 heteroatoms. The Bertz CT molecular complexity index is 439. The van der Waals surface area contributed by atoms with Gasteiger partial charge in [-0.25, -0.2) is 4.68 Å². The first-order valence-electron chi connectivity index (χ1n) is 5.65. The molecule has 0 saturated carbocycles. The van der Waals surface area contributed by atoms with Crippen LogP contribution in [0.5, 0.6) is 0 Å². The van der Waals surface area contributed by atoms with Gasteiger partial charge in [0, 0.05) is 6.61 Å². The number of carboxylic acids is 1. The molecule has 18 heavy (non-hydrogen) atoms. The van der Waals surface area contributed by atoms with Crippen molar-refractivity contribution in [3.05, 3.63) is 11.9 Å². The molecule has 1 unspecified atom stereocenters. The van der Waals surface area contributed by atoms with E-state index in [1.54, 1.807) is 0 Å². The summed E-state index contributed by atoms with van der Waals surface area (Å²) in [5.41, 5.74) is 0.113. The molecule has 2 rings (SSSR count). The molecule has 98 valence electrons. The van der Waals surface area contributed by atoms with Gasteiger partial charge in [0.15, 0.2) is 5.69 Å². The molecule has 0 bridgehead atoms. The SMILES string of the molecule is O=C(O)Cn1cc(C(=O)NC2CCCOC2)nn1. The van der Waals surface area contributed by atoms with Crippen LogP contribution in [-0.2, 0) is 16.1 Å². The Hall–Kier alpha value is -1.96. The van der Waals surface area contributed by atoms with Gasteiger partial charge < -0.3 is 15.2 Å². The summed E-state index contributed by atoms with van der Waals surface area (Å²) in [6.07, 6.45) is 3.10. The quantitative estimate of drug-likeness (QED) is 0.733. The molecular formula is C10H14N4O4. The highest BCUT2D eigenvalue weighted by Gasteiger charge is 2.19. The molecule has 1 amide bonds. The second kappa shape index (κ2) is 5.58. The number of aromatic nitrogens is 3. The van der Waals surface area contributed by atoms with Crippen molar-refractivity contribution in [1.29, 1.82) is 0 Å². The van der Waals surface area contributed by atoms with Crippen LogP contribution in [0.15, 0.2) is 6.20 Å². The summed E-state index contributed by atoms with van der Waals surface area (Å²) >= 11 is 0. The van der Waals surface area contributed by atoms with E-state index >= 15 is 0 Å². The van der Waals surface area contributed by atoms with Crippen LogP contribution in [0, 0.1) is 0 Å². The molecule has 1 fully saturated rings. The van der Waals surface area contributed by atoms with Crippen LogP contribution in [0.25, 0.3) is 0 Å². The van der Waals surface area contributed by atoms with E-state index in [9.17, 15) is 9.59 Å². The molecule has 1 atom stereocenters. The molecule has 0 radical (unpaired) electrons. The van der Waals surface area contributed by atoms with Crippen molar-refractivity contribution in [2.45, 2.75) is 25.4 Å². The first-order valence-corrected chi connectivity index (χ1v) is 5.65. The van der Waals surface area contributed by atoms with Crippen LogP contribution in [0.1, 0.15) is 23.3 Å². The number of rotatable bonds is 4. The lowest BCUT2D eigenvalue weighted by Gasteiger charge is -2.22. The van der Waals surface area contributed by atoms with Gasteiger partial charge in [0.2, 0.25) is 0 Å². The van der Waals surface area contributed by atoms with Gasteiger partial charge >= 0.3 is 5.97 Å². The Morgan fingerprint density at radius 1 is 1.61 bits per heavy atom. The minimum absolute atomic E-state index is 0.0177. The Morgan fingerprint density at radius 3 is 3.11 bits per heavy atom. The van der Waals surface area contributed by atoms with Crippen molar-refractivity contribution >= 4 is 11.9 Å². The number of nitrogens with one attached hydrogen (secondary N) is 1. The third-order valence-electron chi connectivity index (χ3n) is 2.56. The van der Waals surface area contributed by atoms with E-state index in [0.29, 0.717) is 6.61 Å². The smallest absolute Gasteiger partial charge is 0.325 e. The van der Waals surface area contributed by atoms with Gasteiger partial charge in [0.1, 0.15) is 6.54 Å². The fourth-order valence-electron chi connectivity index (χ4n) is 1.73. The Morgan fingerprint density at radius 2 is 2.44 bits per heavy atom. The predicted molar refractivity (Wildman–Crippen MR) is 59.0 cm³/mol. The Balaban J connectivity index is 1.91. The summed E-state index contributed by atoms with van der Waals surface area (Å²) in [7, 11) is 0. The van der Waals surface area contributed by atoms with Gasteiger partial charge in [-0.2, -0.15) is 0 Å². The molecule has 2 N–H and O–H groups in total. The lowest BCUT2D eigenvalue weighted by atomic mass is 10.1. The highest BCUT2D eigenvalue weighted by atomic mass is 16.5. The maximum absolute atomic E-state index is 11.8. The number of aliphatic carboxylic acids is 1. The number of hydrogen-bond donors (Lipinski definition) is 2. The van der Waals surface area contributed by atoms with Crippen LogP contribution in [0.3, 0.4) is 0 Å². The maximum Gasteiger partial charge on any atom is 0.325 e. The van der Waals surface area contributed by atoms with Gasteiger partial charge in [-0.3, -0.25) is 9.59 Å². The molecule has 8 nitrogen and oxygen atoms in total. The Labute approximate surface area is 103 Å². The maximum atomic E-state index is 11.8. The number of carboxylic acid groups (broad SMARTS) is 1. The highest BCUT2D eigenvalue weighted by molar-refractivity contribution is 5.92. The number of ether oxygens (including phenoxy) is 1. The van der Waals surface area contributed by atoms with Crippen molar-refractivity contribution in [2.75, 3.05) is 13.2 Å². The minimum atomic E-state index is -1.03. The third-order valence-corrected chi connectivity index (χ3v) is 2.56. The van der Waals surface area contributed by atoms with Gasteiger partial charge in [-0.1, -0.05) is 5.21 Å². The second-order valence-corrected chi connectivity index (χ2v) is 4.08. The number of hydrogen-bond acceptors (Lipinski definition) is 5. The van der Waals surface area contributed by atoms with Gasteiger partial charge in [0.25, 0.3) is 5.91 Å². The van der Waals surface area contributed by atoms with E-state index in [0.717, 1.165) is 24.1 Å². The highest BCUT2D eigenvalue weighted by Crippen LogP contribution is 2.06. The summed E-state index contributed by atoms with van der Waals surface area (Å²) in [5.74, 6) is -1.39. The van der Waals surface area contributed by atoms with Crippen LogP contribution in [-0.4, -0.2) is 51.2 Å². The van der Waals surface area contributed by atoms with Crippen LogP contribution in [0.4, 0.5) is 0 Å². The van der Waals surface area contributed by atoms with E-state index in [-0.39, 0.29) is 24.2 Å². The molecule has 2 heterocycles. The van der Waals surface area contributed by atoms with E-state index in [1.165, 1.54) is 6.20 Å². The van der Waals surface area contributed by atoms with Crippen molar-refractivity contribution in [3.8, 4) is 0 Å². The van der Waals surface area contributed by atoms with E-state index in [4.69, 9.17) is 9.84 Å². The van der Waals surface area contributed by atoms with Gasteiger partial charge in [-0.05, 0) is 12.8 Å². The average Bonchev–Trinajstić information content (AvgIpc) is 2.78. The fraction of sp³-hybridized carbons (Fsp3) is 0.600. The zero-order valence-corrected chi connectivity index (χ0v) is 9.70. The number of carbonyl (C=O) groups is 2. The molecule has 0 aliphatic carbocycles. The summed E-state index contributed by atoms with van der Waals surface area (Å²) in [4.78, 5) is 22.2. The minimum Gasteiger partial charge on any atom is -0.480 e. The van der Waals surface area contributed by atoms with Gasteiger partial charge in [0.05, 0.1) is 18.8 Å². The molecule has 0 spiro atoms. The normalized spacial score (nSPS) is 19.4. The van der Waals surface area contributed by atoms with E-state index < -0.39 is 5.97 Å². The monoisotopic (exact) mass is 254 g/mol. The molecule has 1 aliphatic rings. The number of carbonyl (C=O) groups excluding carboxylic acids is 1. The lowest BCUT2D eigenvalue weighted by molar-refractivity contribution is -0.137. The van der Waals surface area contributed by atoms with Crippen LogP contribution < -0.4 is 5.32 Å². The fourth-order valence-corrected chi connectivity index (χ4v) is 1.73. The standard InChI is InChI=1S/C10H14N4O4/c15-9(16)5-14-4-8(12-13-14)10(17)11-7-2-1-3-18-6-7/h4,7H,1-3,5-6H2,(H,11,17)(H,15,16). The largest absolute Gasteiger partial charge is 0.480 e. The summed E-state index contributed by atoms with van der Waals surface area (Å²) in [6.45, 7) is 0.906. The topological polar surface area (TPSA) is 106 Å². The van der Waals surface area contributed by atoms with Crippen molar-refractivity contribution in [1.82, 2.24) is 20.3 Å². The van der Waals surface area contributed by atoms with Crippen molar-refractivity contribution < 1.29 is 19.4 Å². The second-order valence-electron chi connectivity index (χ2n) is 4.08. The molecular weight excluding hydrogens is 240 g/mol. The molecule has 0 aromatic carbocycles. The predicted octanol–water partition coefficient (Wildman–Crippen LogP) is -0.728.